The van der Waals surface area contributed by atoms with Crippen molar-refractivity contribution in [3.8, 4) is 0 Å². The van der Waals surface area contributed by atoms with Gasteiger partial charge >= 0.3 is 5.97 Å². The number of quaternary nitrogens is 1. The van der Waals surface area contributed by atoms with Crippen molar-refractivity contribution in [1.82, 2.24) is 0 Å². The second-order valence-electron chi connectivity index (χ2n) is 19.2. The average molecular weight is 958 g/mol. The summed E-state index contributed by atoms with van der Waals surface area (Å²) in [7, 11) is 1.33. The largest absolute Gasteiger partial charge is 0.756 e. The summed E-state index contributed by atoms with van der Waals surface area (Å²) in [6, 6.07) is 0. The first kappa shape index (κ1) is 64.7. The van der Waals surface area contributed by atoms with Crippen LogP contribution in [-0.4, -0.2) is 70.7 Å². The molecule has 0 saturated carbocycles. The lowest BCUT2D eigenvalue weighted by Crippen LogP contribution is -2.37. The van der Waals surface area contributed by atoms with Gasteiger partial charge in [0.1, 0.15) is 19.3 Å². The van der Waals surface area contributed by atoms with Crippen LogP contribution < -0.4 is 4.89 Å². The zero-order valence-electron chi connectivity index (χ0n) is 44.1. The number of carbonyl (C=O) groups excluding carboxylic acids is 1. The number of hydrogen-bond acceptors (Lipinski definition) is 7. The van der Waals surface area contributed by atoms with Gasteiger partial charge in [-0.2, -0.15) is 0 Å². The number of nitrogens with zero attached hydrogens (tertiary/aromatic N) is 1. The lowest BCUT2D eigenvalue weighted by atomic mass is 10.0. The molecule has 0 aromatic carbocycles. The molecule has 0 heterocycles. The van der Waals surface area contributed by atoms with Crippen molar-refractivity contribution in [2.45, 2.75) is 225 Å². The van der Waals surface area contributed by atoms with Crippen LogP contribution in [0.3, 0.4) is 0 Å². The van der Waals surface area contributed by atoms with Gasteiger partial charge in [0.2, 0.25) is 0 Å². The van der Waals surface area contributed by atoms with E-state index in [2.05, 4.69) is 98.9 Å². The topological polar surface area (TPSA) is 94.1 Å². The van der Waals surface area contributed by atoms with Crippen LogP contribution in [0, 0.1) is 0 Å². The number of phosphoric acid groups is 1. The van der Waals surface area contributed by atoms with Crippen LogP contribution in [0.5, 0.6) is 0 Å². The van der Waals surface area contributed by atoms with Crippen LogP contribution in [0.4, 0.5) is 0 Å². The van der Waals surface area contributed by atoms with Crippen molar-refractivity contribution in [3.05, 3.63) is 85.1 Å². The fourth-order valence-corrected chi connectivity index (χ4v) is 7.98. The van der Waals surface area contributed by atoms with Crippen molar-refractivity contribution in [2.24, 2.45) is 0 Å². The van der Waals surface area contributed by atoms with Gasteiger partial charge in [-0.15, -0.1) is 0 Å². The number of carbonyl (C=O) groups is 1. The van der Waals surface area contributed by atoms with Crippen molar-refractivity contribution in [1.29, 1.82) is 0 Å². The number of rotatable bonds is 50. The molecule has 0 spiro atoms. The van der Waals surface area contributed by atoms with E-state index >= 15 is 0 Å². The summed E-state index contributed by atoms with van der Waals surface area (Å²) in [5.74, 6) is -0.345. The van der Waals surface area contributed by atoms with Gasteiger partial charge in [0.25, 0.3) is 7.82 Å². The summed E-state index contributed by atoms with van der Waals surface area (Å²) in [5, 5.41) is 0. The molecule has 0 rings (SSSR count). The summed E-state index contributed by atoms with van der Waals surface area (Å²) >= 11 is 0. The smallest absolute Gasteiger partial charge is 0.306 e. The first-order valence-electron chi connectivity index (χ1n) is 27.3. The predicted octanol–water partition coefficient (Wildman–Crippen LogP) is 16.5. The molecule has 67 heavy (non-hydrogen) atoms. The van der Waals surface area contributed by atoms with Crippen molar-refractivity contribution in [3.63, 3.8) is 0 Å². The Morgan fingerprint density at radius 2 is 0.866 bits per heavy atom. The van der Waals surface area contributed by atoms with Crippen molar-refractivity contribution >= 4 is 13.8 Å². The average Bonchev–Trinajstić information content (AvgIpc) is 3.29. The molecule has 0 radical (unpaired) electrons. The summed E-state index contributed by atoms with van der Waals surface area (Å²) in [6.45, 7) is 5.23. The molecule has 0 aliphatic rings. The fourth-order valence-electron chi connectivity index (χ4n) is 7.25. The minimum atomic E-state index is -4.55. The molecule has 0 fully saturated rings. The second kappa shape index (κ2) is 50.1. The Balaban J connectivity index is 4.15. The number of ether oxygens (including phenoxy) is 2. The van der Waals surface area contributed by atoms with Gasteiger partial charge in [-0.3, -0.25) is 9.36 Å². The van der Waals surface area contributed by atoms with E-state index in [4.69, 9.17) is 18.5 Å². The first-order valence-corrected chi connectivity index (χ1v) is 28.8. The second-order valence-corrected chi connectivity index (χ2v) is 20.6. The molecule has 0 aliphatic heterocycles. The minimum absolute atomic E-state index is 0.0168. The quantitative estimate of drug-likeness (QED) is 0.0197. The number of phosphoric ester groups is 1. The Labute approximate surface area is 414 Å². The van der Waals surface area contributed by atoms with Crippen LogP contribution in [0.2, 0.25) is 0 Å². The molecule has 9 heteroatoms. The van der Waals surface area contributed by atoms with Crippen LogP contribution >= 0.6 is 7.82 Å². The molecule has 0 N–H and O–H groups in total. The van der Waals surface area contributed by atoms with E-state index in [1.54, 1.807) is 0 Å². The van der Waals surface area contributed by atoms with Crippen LogP contribution in [0.15, 0.2) is 85.1 Å². The van der Waals surface area contributed by atoms with Gasteiger partial charge in [0.15, 0.2) is 0 Å². The Hall–Kier alpha value is -2.32. The third-order valence-corrected chi connectivity index (χ3v) is 12.4. The highest BCUT2D eigenvalue weighted by molar-refractivity contribution is 7.45. The summed E-state index contributed by atoms with van der Waals surface area (Å²) in [5.41, 5.74) is 0. The summed E-state index contributed by atoms with van der Waals surface area (Å²) < 4.78 is 34.8. The summed E-state index contributed by atoms with van der Waals surface area (Å²) in [4.78, 5) is 25.2. The molecule has 0 aliphatic carbocycles. The molecule has 0 aromatic rings. The van der Waals surface area contributed by atoms with Gasteiger partial charge in [-0.25, -0.2) is 0 Å². The molecule has 0 saturated heterocycles. The van der Waals surface area contributed by atoms with Crippen LogP contribution in [-0.2, 0) is 27.9 Å². The van der Waals surface area contributed by atoms with E-state index in [0.717, 1.165) is 89.9 Å². The lowest BCUT2D eigenvalue weighted by molar-refractivity contribution is -0.870. The SMILES string of the molecule is CC/C=C\C/C=C\C/C=C\C/C=C\C/C=C\CCCCCCOCC(COP(=O)([O-])OCC[N+](C)(C)C)OC(=O)CCCCCCCCCCCCCCC/C=C\C/C=C\CCCCCCC. The standard InChI is InChI=1S/C58H104NO7P/c1-6-8-10-12-14-16-18-20-22-24-26-28-29-30-31-32-33-35-37-39-41-43-45-47-49-51-58(60)66-57(56-65-67(61,62)64-54-52-59(3,4)5)55-63-53-50-48-46-44-42-40-38-36-34-27-25-23-21-19-17-15-13-11-9-7-2/h9,11,15,17-18,20-21,23-24,26-27,34,38,40,57H,6-8,10,12-14,16,19,22,25,28-33,35-37,39,41-56H2,1-5H3/b11-9-,17-15-,20-18-,23-21-,26-24-,34-27-,40-38-. The molecule has 2 atom stereocenters. The molecule has 0 amide bonds. The van der Waals surface area contributed by atoms with Crippen molar-refractivity contribution < 1.29 is 37.3 Å². The van der Waals surface area contributed by atoms with Crippen LogP contribution in [0.25, 0.3) is 0 Å². The van der Waals surface area contributed by atoms with Gasteiger partial charge in [0.05, 0.1) is 34.4 Å². The molecular formula is C58H104NO7P. The highest BCUT2D eigenvalue weighted by atomic mass is 31.2. The zero-order chi connectivity index (χ0) is 49.0. The third-order valence-electron chi connectivity index (χ3n) is 11.4. The maximum absolute atomic E-state index is 12.8. The van der Waals surface area contributed by atoms with Gasteiger partial charge in [0, 0.05) is 13.0 Å². The number of unbranched alkanes of at least 4 members (excludes halogenated alkanes) is 22. The Morgan fingerprint density at radius 1 is 0.478 bits per heavy atom. The summed E-state index contributed by atoms with van der Waals surface area (Å²) in [6.07, 6.45) is 67.6. The predicted molar refractivity (Wildman–Crippen MR) is 286 cm³/mol. The molecule has 8 nitrogen and oxygen atoms in total. The molecular weight excluding hydrogens is 854 g/mol. The minimum Gasteiger partial charge on any atom is -0.756 e. The van der Waals surface area contributed by atoms with Gasteiger partial charge in [-0.05, 0) is 89.9 Å². The number of likely N-dealkylation sites (N-methyl/N-ethyl adjacent to an activating group) is 1. The Morgan fingerprint density at radius 3 is 1.30 bits per heavy atom. The highest BCUT2D eigenvalue weighted by Gasteiger charge is 2.20. The van der Waals surface area contributed by atoms with E-state index in [-0.39, 0.29) is 25.8 Å². The monoisotopic (exact) mass is 958 g/mol. The van der Waals surface area contributed by atoms with E-state index < -0.39 is 13.9 Å². The Kier molecular flexibility index (Phi) is 48.3. The normalized spacial score (nSPS) is 14.2. The molecule has 0 bridgehead atoms. The highest BCUT2D eigenvalue weighted by Crippen LogP contribution is 2.38. The molecule has 0 aromatic heterocycles. The zero-order valence-corrected chi connectivity index (χ0v) is 45.0. The first-order chi connectivity index (χ1) is 32.6. The Bertz CT molecular complexity index is 1340. The van der Waals surface area contributed by atoms with Gasteiger partial charge < -0.3 is 27.9 Å². The van der Waals surface area contributed by atoms with E-state index in [1.165, 1.54) is 109 Å². The van der Waals surface area contributed by atoms with E-state index in [1.807, 2.05) is 21.1 Å². The number of allylic oxidation sites excluding steroid dienone is 14. The number of esters is 1. The fraction of sp³-hybridized carbons (Fsp3) is 0.741. The maximum atomic E-state index is 12.8. The molecule has 2 unspecified atom stereocenters. The molecule has 388 valence electrons. The lowest BCUT2D eigenvalue weighted by Gasteiger charge is -2.28. The van der Waals surface area contributed by atoms with Crippen molar-refractivity contribution in [2.75, 3.05) is 54.1 Å². The van der Waals surface area contributed by atoms with Crippen LogP contribution in [0.1, 0.15) is 219 Å². The van der Waals surface area contributed by atoms with Gasteiger partial charge in [-0.1, -0.05) is 208 Å². The van der Waals surface area contributed by atoms with E-state index in [9.17, 15) is 14.3 Å². The van der Waals surface area contributed by atoms with E-state index in [0.29, 0.717) is 24.1 Å². The third kappa shape index (κ3) is 54.5. The maximum Gasteiger partial charge on any atom is 0.306 e. The number of hydrogen-bond donors (Lipinski definition) is 0.